The SMILES string of the molecule is O=C(C[C@H](c1ccsc1)n1cnnn1)Nc1ccc(N2CCCC2=O)cc1. The van der Waals surface area contributed by atoms with Crippen molar-refractivity contribution in [2.75, 3.05) is 16.8 Å². The second-order valence-electron chi connectivity index (χ2n) is 6.31. The van der Waals surface area contributed by atoms with Crippen molar-refractivity contribution in [1.29, 1.82) is 0 Å². The van der Waals surface area contributed by atoms with Crippen molar-refractivity contribution in [3.63, 3.8) is 0 Å². The van der Waals surface area contributed by atoms with E-state index in [0.717, 1.165) is 24.2 Å². The second-order valence-corrected chi connectivity index (χ2v) is 7.09. The van der Waals surface area contributed by atoms with Crippen LogP contribution in [0.25, 0.3) is 0 Å². The summed E-state index contributed by atoms with van der Waals surface area (Å²) in [6.07, 6.45) is 3.21. The van der Waals surface area contributed by atoms with Crippen LogP contribution < -0.4 is 10.2 Å². The van der Waals surface area contributed by atoms with Crippen LogP contribution in [0.3, 0.4) is 0 Å². The maximum Gasteiger partial charge on any atom is 0.227 e. The minimum absolute atomic E-state index is 0.133. The van der Waals surface area contributed by atoms with E-state index in [1.807, 2.05) is 41.1 Å². The molecule has 1 atom stereocenters. The maximum absolute atomic E-state index is 12.6. The molecule has 1 fully saturated rings. The summed E-state index contributed by atoms with van der Waals surface area (Å²) in [6.45, 7) is 0.749. The molecular weight excluding hydrogens is 364 g/mol. The Morgan fingerprint density at radius 1 is 1.26 bits per heavy atom. The molecule has 3 heterocycles. The number of anilines is 2. The van der Waals surface area contributed by atoms with Crippen LogP contribution in [0.4, 0.5) is 11.4 Å². The average molecular weight is 382 g/mol. The first-order valence-electron chi connectivity index (χ1n) is 8.65. The van der Waals surface area contributed by atoms with Crippen LogP contribution in [0.5, 0.6) is 0 Å². The summed E-state index contributed by atoms with van der Waals surface area (Å²) in [6, 6.07) is 9.05. The summed E-state index contributed by atoms with van der Waals surface area (Å²) in [5, 5.41) is 18.1. The molecule has 0 spiro atoms. The van der Waals surface area contributed by atoms with Gasteiger partial charge in [-0.15, -0.1) is 5.10 Å². The monoisotopic (exact) mass is 382 g/mol. The van der Waals surface area contributed by atoms with Crippen molar-refractivity contribution in [3.05, 3.63) is 53.0 Å². The van der Waals surface area contributed by atoms with Gasteiger partial charge in [-0.05, 0) is 63.5 Å². The molecule has 3 aromatic rings. The Morgan fingerprint density at radius 2 is 2.11 bits per heavy atom. The highest BCUT2D eigenvalue weighted by molar-refractivity contribution is 7.08. The number of carbonyl (C=O) groups is 2. The Labute approximate surface area is 159 Å². The highest BCUT2D eigenvalue weighted by atomic mass is 32.1. The van der Waals surface area contributed by atoms with E-state index < -0.39 is 0 Å². The van der Waals surface area contributed by atoms with E-state index in [0.29, 0.717) is 12.1 Å². The number of amides is 2. The number of hydrogen-bond donors (Lipinski definition) is 1. The molecule has 1 aromatic carbocycles. The van der Waals surface area contributed by atoms with E-state index in [-0.39, 0.29) is 24.3 Å². The predicted octanol–water partition coefficient (Wildman–Crippen LogP) is 2.48. The molecule has 2 amide bonds. The van der Waals surface area contributed by atoms with Gasteiger partial charge in [-0.3, -0.25) is 9.59 Å². The van der Waals surface area contributed by atoms with Crippen LogP contribution in [0, 0.1) is 0 Å². The van der Waals surface area contributed by atoms with Crippen LogP contribution in [0.1, 0.15) is 30.9 Å². The Hall–Kier alpha value is -3.07. The molecule has 2 aromatic heterocycles. The largest absolute Gasteiger partial charge is 0.326 e. The maximum atomic E-state index is 12.6. The molecule has 0 bridgehead atoms. The molecule has 0 saturated carbocycles. The second kappa shape index (κ2) is 7.67. The van der Waals surface area contributed by atoms with Gasteiger partial charge in [-0.2, -0.15) is 11.3 Å². The van der Waals surface area contributed by atoms with Gasteiger partial charge >= 0.3 is 0 Å². The minimum atomic E-state index is -0.257. The lowest BCUT2D eigenvalue weighted by atomic mass is 10.1. The Morgan fingerprint density at radius 3 is 2.74 bits per heavy atom. The fourth-order valence-corrected chi connectivity index (χ4v) is 3.88. The molecule has 0 aliphatic carbocycles. The lowest BCUT2D eigenvalue weighted by molar-refractivity contribution is -0.117. The van der Waals surface area contributed by atoms with Crippen molar-refractivity contribution < 1.29 is 9.59 Å². The van der Waals surface area contributed by atoms with Gasteiger partial charge in [0.25, 0.3) is 0 Å². The molecule has 1 aliphatic heterocycles. The molecule has 0 radical (unpaired) electrons. The van der Waals surface area contributed by atoms with Crippen LogP contribution in [0.15, 0.2) is 47.4 Å². The summed E-state index contributed by atoms with van der Waals surface area (Å²) in [5.74, 6) is 0.0125. The van der Waals surface area contributed by atoms with Gasteiger partial charge in [-0.1, -0.05) is 0 Å². The number of thiophene rings is 1. The molecular formula is C18H18N6O2S. The average Bonchev–Trinajstić information content (AvgIpc) is 3.43. The quantitative estimate of drug-likeness (QED) is 0.707. The van der Waals surface area contributed by atoms with E-state index in [1.54, 1.807) is 20.9 Å². The number of rotatable bonds is 6. The summed E-state index contributed by atoms with van der Waals surface area (Å²) < 4.78 is 1.59. The smallest absolute Gasteiger partial charge is 0.227 e. The first kappa shape index (κ1) is 17.3. The van der Waals surface area contributed by atoms with Crippen LogP contribution in [0.2, 0.25) is 0 Å². The lowest BCUT2D eigenvalue weighted by Crippen LogP contribution is -2.23. The number of tetrazole rings is 1. The van der Waals surface area contributed by atoms with E-state index in [9.17, 15) is 9.59 Å². The molecule has 1 N–H and O–H groups in total. The molecule has 4 rings (SSSR count). The fourth-order valence-electron chi connectivity index (χ4n) is 3.17. The number of nitrogens with one attached hydrogen (secondary N) is 1. The third-order valence-electron chi connectivity index (χ3n) is 4.53. The van der Waals surface area contributed by atoms with Crippen molar-refractivity contribution in [1.82, 2.24) is 20.2 Å². The third kappa shape index (κ3) is 3.87. The van der Waals surface area contributed by atoms with Gasteiger partial charge in [0.1, 0.15) is 6.33 Å². The van der Waals surface area contributed by atoms with Crippen LogP contribution in [-0.2, 0) is 9.59 Å². The van der Waals surface area contributed by atoms with Crippen LogP contribution >= 0.6 is 11.3 Å². The van der Waals surface area contributed by atoms with E-state index in [1.165, 1.54) is 6.33 Å². The molecule has 9 heteroatoms. The summed E-state index contributed by atoms with van der Waals surface area (Å²) in [5.41, 5.74) is 2.54. The predicted molar refractivity (Wildman–Crippen MR) is 102 cm³/mol. The highest BCUT2D eigenvalue weighted by Gasteiger charge is 2.22. The normalized spacial score (nSPS) is 15.1. The van der Waals surface area contributed by atoms with Crippen LogP contribution in [-0.4, -0.2) is 38.6 Å². The van der Waals surface area contributed by atoms with Crippen molar-refractivity contribution >= 4 is 34.5 Å². The lowest BCUT2D eigenvalue weighted by Gasteiger charge is -2.17. The minimum Gasteiger partial charge on any atom is -0.326 e. The Bertz CT molecular complexity index is 874. The van der Waals surface area contributed by atoms with Gasteiger partial charge < -0.3 is 10.2 Å². The first-order valence-corrected chi connectivity index (χ1v) is 9.60. The van der Waals surface area contributed by atoms with Gasteiger partial charge in [-0.25, -0.2) is 4.68 Å². The van der Waals surface area contributed by atoms with Gasteiger partial charge in [0, 0.05) is 24.3 Å². The number of benzene rings is 1. The molecule has 27 heavy (non-hydrogen) atoms. The number of aromatic nitrogens is 4. The van der Waals surface area contributed by atoms with Gasteiger partial charge in [0.2, 0.25) is 11.8 Å². The number of hydrogen-bond acceptors (Lipinski definition) is 6. The van der Waals surface area contributed by atoms with Gasteiger partial charge in [0.15, 0.2) is 0 Å². The fraction of sp³-hybridized carbons (Fsp3) is 0.278. The van der Waals surface area contributed by atoms with E-state index >= 15 is 0 Å². The van der Waals surface area contributed by atoms with Crippen molar-refractivity contribution in [3.8, 4) is 0 Å². The molecule has 1 saturated heterocycles. The van der Waals surface area contributed by atoms with Crippen molar-refractivity contribution in [2.45, 2.75) is 25.3 Å². The topological polar surface area (TPSA) is 93.0 Å². The van der Waals surface area contributed by atoms with Crippen molar-refractivity contribution in [2.24, 2.45) is 0 Å². The summed E-state index contributed by atoms with van der Waals surface area (Å²) in [7, 11) is 0. The van der Waals surface area contributed by atoms with E-state index in [4.69, 9.17) is 0 Å². The zero-order valence-electron chi connectivity index (χ0n) is 14.5. The Kier molecular flexibility index (Phi) is 4.93. The highest BCUT2D eigenvalue weighted by Crippen LogP contribution is 2.25. The molecule has 1 aliphatic rings. The number of carbonyl (C=O) groups excluding carboxylic acids is 2. The Balaban J connectivity index is 1.43. The zero-order chi connectivity index (χ0) is 18.6. The standard InChI is InChI=1S/C18H18N6O2S/c25-17(10-16(13-7-9-27-11-13)24-12-19-21-22-24)20-14-3-5-15(6-4-14)23-8-1-2-18(23)26/h3-7,9,11-12,16H,1-2,8,10H2,(H,20,25)/t16-/m1/s1. The summed E-state index contributed by atoms with van der Waals surface area (Å²) in [4.78, 5) is 26.1. The first-order chi connectivity index (χ1) is 13.2. The van der Waals surface area contributed by atoms with E-state index in [2.05, 4.69) is 20.8 Å². The number of nitrogens with zero attached hydrogens (tertiary/aromatic N) is 5. The van der Waals surface area contributed by atoms with Gasteiger partial charge in [0.05, 0.1) is 12.5 Å². The molecule has 8 nitrogen and oxygen atoms in total. The molecule has 138 valence electrons. The summed E-state index contributed by atoms with van der Waals surface area (Å²) >= 11 is 1.56. The zero-order valence-corrected chi connectivity index (χ0v) is 15.3. The molecule has 0 unspecified atom stereocenters. The third-order valence-corrected chi connectivity index (χ3v) is 5.23.